The van der Waals surface area contributed by atoms with Gasteiger partial charge in [0.2, 0.25) is 0 Å². The third-order valence-electron chi connectivity index (χ3n) is 4.43. The molecule has 22 heavy (non-hydrogen) atoms. The van der Waals surface area contributed by atoms with E-state index in [1.165, 1.54) is 19.4 Å². The Labute approximate surface area is 132 Å². The molecule has 0 saturated carbocycles. The van der Waals surface area contributed by atoms with E-state index in [-0.39, 0.29) is 0 Å². The molecule has 3 N–H and O–H groups in total. The molecule has 0 amide bonds. The molecule has 0 radical (unpaired) electrons. The van der Waals surface area contributed by atoms with Crippen LogP contribution >= 0.6 is 0 Å². The Morgan fingerprint density at radius 2 is 1.95 bits per heavy atom. The first-order valence-electron chi connectivity index (χ1n) is 8.06. The summed E-state index contributed by atoms with van der Waals surface area (Å²) in [5.74, 6) is 0.946. The number of nitrogens with zero attached hydrogens (tertiary/aromatic N) is 2. The molecular formula is C18H24N4. The van der Waals surface area contributed by atoms with E-state index in [1.54, 1.807) is 0 Å². The number of nitrogens with two attached hydrogens (primary N) is 1. The number of aromatic nitrogens is 1. The van der Waals surface area contributed by atoms with Crippen LogP contribution in [-0.4, -0.2) is 35.6 Å². The van der Waals surface area contributed by atoms with Crippen molar-refractivity contribution < 1.29 is 0 Å². The summed E-state index contributed by atoms with van der Waals surface area (Å²) < 4.78 is 0. The summed E-state index contributed by atoms with van der Waals surface area (Å²) in [6.45, 7) is 5.57. The highest BCUT2D eigenvalue weighted by Crippen LogP contribution is 2.21. The smallest absolute Gasteiger partial charge is 0.125 e. The van der Waals surface area contributed by atoms with Crippen molar-refractivity contribution in [2.24, 2.45) is 0 Å². The van der Waals surface area contributed by atoms with Crippen molar-refractivity contribution >= 4 is 11.5 Å². The Morgan fingerprint density at radius 1 is 1.18 bits per heavy atom. The molecule has 1 atom stereocenters. The van der Waals surface area contributed by atoms with Crippen LogP contribution in [0.15, 0.2) is 42.6 Å². The Hall–Kier alpha value is -2.07. The molecule has 2 aromatic rings. The van der Waals surface area contributed by atoms with E-state index in [4.69, 9.17) is 5.73 Å². The van der Waals surface area contributed by atoms with Gasteiger partial charge in [0.1, 0.15) is 5.82 Å². The van der Waals surface area contributed by atoms with Gasteiger partial charge in [0.05, 0.1) is 0 Å². The average molecular weight is 296 g/mol. The second kappa shape index (κ2) is 6.79. The fourth-order valence-electron chi connectivity index (χ4n) is 3.11. The number of nitrogens with one attached hydrogen (secondary N) is 1. The molecule has 1 unspecified atom stereocenters. The summed E-state index contributed by atoms with van der Waals surface area (Å²) in [6, 6.07) is 12.7. The molecule has 3 rings (SSSR count). The Balaban J connectivity index is 1.61. The largest absolute Gasteiger partial charge is 0.399 e. The summed E-state index contributed by atoms with van der Waals surface area (Å²) >= 11 is 0. The van der Waals surface area contributed by atoms with Gasteiger partial charge in [-0.3, -0.25) is 4.90 Å². The molecular weight excluding hydrogens is 272 g/mol. The van der Waals surface area contributed by atoms with Crippen molar-refractivity contribution in [1.29, 1.82) is 0 Å². The molecule has 0 bridgehead atoms. The van der Waals surface area contributed by atoms with Crippen LogP contribution in [0.3, 0.4) is 0 Å². The molecule has 1 aromatic carbocycles. The quantitative estimate of drug-likeness (QED) is 0.832. The number of hydrogen-bond acceptors (Lipinski definition) is 4. The monoisotopic (exact) mass is 296 g/mol. The van der Waals surface area contributed by atoms with E-state index in [0.717, 1.165) is 35.7 Å². The normalized spacial score (nSPS) is 18.5. The van der Waals surface area contributed by atoms with Crippen LogP contribution in [-0.2, 0) is 0 Å². The lowest BCUT2D eigenvalue weighted by Gasteiger charge is -2.23. The zero-order chi connectivity index (χ0) is 15.4. The van der Waals surface area contributed by atoms with Gasteiger partial charge in [0.15, 0.2) is 0 Å². The second-order valence-electron chi connectivity index (χ2n) is 5.86. The molecule has 4 nitrogen and oxygen atoms in total. The zero-order valence-electron chi connectivity index (χ0n) is 13.1. The zero-order valence-corrected chi connectivity index (χ0v) is 13.1. The van der Waals surface area contributed by atoms with Crippen LogP contribution in [0, 0.1) is 0 Å². The standard InChI is InChI=1S/C18H24N4/c1-2-22-11-3-4-17(22)13-21-18-10-7-15(12-20-18)14-5-8-16(19)9-6-14/h5-10,12,17H,2-4,11,13,19H2,1H3,(H,20,21). The number of likely N-dealkylation sites (N-methyl/N-ethyl adjacent to an activating group) is 1. The van der Waals surface area contributed by atoms with Crippen molar-refractivity contribution in [3.05, 3.63) is 42.6 Å². The first-order valence-corrected chi connectivity index (χ1v) is 8.06. The maximum atomic E-state index is 5.72. The Kier molecular flexibility index (Phi) is 4.59. The topological polar surface area (TPSA) is 54.2 Å². The number of likely N-dealkylation sites (tertiary alicyclic amines) is 1. The van der Waals surface area contributed by atoms with E-state index in [9.17, 15) is 0 Å². The van der Waals surface area contributed by atoms with Gasteiger partial charge in [0.25, 0.3) is 0 Å². The summed E-state index contributed by atoms with van der Waals surface area (Å²) in [5, 5.41) is 3.47. The van der Waals surface area contributed by atoms with Gasteiger partial charge in [0, 0.05) is 30.0 Å². The van der Waals surface area contributed by atoms with Crippen molar-refractivity contribution in [2.75, 3.05) is 30.7 Å². The van der Waals surface area contributed by atoms with E-state index < -0.39 is 0 Å². The molecule has 0 aliphatic carbocycles. The van der Waals surface area contributed by atoms with Crippen molar-refractivity contribution in [1.82, 2.24) is 9.88 Å². The lowest BCUT2D eigenvalue weighted by Crippen LogP contribution is -2.34. The summed E-state index contributed by atoms with van der Waals surface area (Å²) in [6.07, 6.45) is 4.51. The molecule has 1 fully saturated rings. The van der Waals surface area contributed by atoms with Crippen LogP contribution in [0.1, 0.15) is 19.8 Å². The minimum atomic E-state index is 0.642. The SMILES string of the molecule is CCN1CCCC1CNc1ccc(-c2ccc(N)cc2)cn1. The van der Waals surface area contributed by atoms with E-state index in [0.29, 0.717) is 6.04 Å². The lowest BCUT2D eigenvalue weighted by atomic mass is 10.1. The summed E-state index contributed by atoms with van der Waals surface area (Å²) in [4.78, 5) is 7.07. The van der Waals surface area contributed by atoms with Crippen molar-refractivity contribution in [3.8, 4) is 11.1 Å². The van der Waals surface area contributed by atoms with Gasteiger partial charge in [-0.05, 0) is 55.8 Å². The van der Waals surface area contributed by atoms with E-state index >= 15 is 0 Å². The molecule has 1 aliphatic heterocycles. The molecule has 1 aromatic heterocycles. The molecule has 1 aliphatic rings. The van der Waals surface area contributed by atoms with Crippen LogP contribution in [0.25, 0.3) is 11.1 Å². The van der Waals surface area contributed by atoms with Gasteiger partial charge in [-0.25, -0.2) is 4.98 Å². The predicted octanol–water partition coefficient (Wildman–Crippen LogP) is 3.23. The Bertz CT molecular complexity index is 591. The number of pyridine rings is 1. The predicted molar refractivity (Wildman–Crippen MR) is 92.8 cm³/mol. The maximum absolute atomic E-state index is 5.72. The molecule has 116 valence electrons. The first kappa shape index (κ1) is 14.9. The average Bonchev–Trinajstić information content (AvgIpc) is 3.02. The van der Waals surface area contributed by atoms with Gasteiger partial charge < -0.3 is 11.1 Å². The van der Waals surface area contributed by atoms with Gasteiger partial charge in [-0.1, -0.05) is 19.1 Å². The fourth-order valence-corrected chi connectivity index (χ4v) is 3.11. The van der Waals surface area contributed by atoms with Crippen LogP contribution in [0.5, 0.6) is 0 Å². The highest BCUT2D eigenvalue weighted by molar-refractivity contribution is 5.65. The van der Waals surface area contributed by atoms with Crippen LogP contribution in [0.4, 0.5) is 11.5 Å². The van der Waals surface area contributed by atoms with E-state index in [2.05, 4.69) is 34.3 Å². The molecule has 0 spiro atoms. The molecule has 1 saturated heterocycles. The lowest BCUT2D eigenvalue weighted by molar-refractivity contribution is 0.277. The molecule has 2 heterocycles. The maximum Gasteiger partial charge on any atom is 0.125 e. The van der Waals surface area contributed by atoms with Crippen LogP contribution < -0.4 is 11.1 Å². The Morgan fingerprint density at radius 3 is 2.64 bits per heavy atom. The summed E-state index contributed by atoms with van der Waals surface area (Å²) in [7, 11) is 0. The van der Waals surface area contributed by atoms with E-state index in [1.807, 2.05) is 30.5 Å². The highest BCUT2D eigenvalue weighted by Gasteiger charge is 2.22. The summed E-state index contributed by atoms with van der Waals surface area (Å²) in [5.41, 5.74) is 8.76. The van der Waals surface area contributed by atoms with Crippen molar-refractivity contribution in [3.63, 3.8) is 0 Å². The second-order valence-corrected chi connectivity index (χ2v) is 5.86. The van der Waals surface area contributed by atoms with Crippen molar-refractivity contribution in [2.45, 2.75) is 25.8 Å². The minimum absolute atomic E-state index is 0.642. The third kappa shape index (κ3) is 3.39. The fraction of sp³-hybridized carbons (Fsp3) is 0.389. The van der Waals surface area contributed by atoms with Crippen LogP contribution in [0.2, 0.25) is 0 Å². The number of hydrogen-bond donors (Lipinski definition) is 2. The van der Waals surface area contributed by atoms with Gasteiger partial charge in [-0.2, -0.15) is 0 Å². The van der Waals surface area contributed by atoms with Gasteiger partial charge >= 0.3 is 0 Å². The minimum Gasteiger partial charge on any atom is -0.399 e. The first-order chi connectivity index (χ1) is 10.8. The molecule has 4 heteroatoms. The third-order valence-corrected chi connectivity index (χ3v) is 4.43. The number of benzene rings is 1. The number of rotatable bonds is 5. The number of anilines is 2. The highest BCUT2D eigenvalue weighted by atomic mass is 15.2. The number of nitrogen functional groups attached to an aromatic ring is 1. The van der Waals surface area contributed by atoms with Gasteiger partial charge in [-0.15, -0.1) is 0 Å².